The summed E-state index contributed by atoms with van der Waals surface area (Å²) in [5.74, 6) is 0. The summed E-state index contributed by atoms with van der Waals surface area (Å²) in [6.45, 7) is 1.13. The largest absolute Gasteiger partial charge is 0.310 e. The number of hydrogen-bond acceptors (Lipinski definition) is 2. The molecule has 1 atom stereocenters. The maximum Gasteiger partial charge on any atom is 0.0346 e. The average Bonchev–Trinajstić information content (AvgIpc) is 2.20. The van der Waals surface area contributed by atoms with Gasteiger partial charge in [-0.1, -0.05) is 22.4 Å². The number of nitrogens with one attached hydrogen (secondary N) is 1. The van der Waals surface area contributed by atoms with E-state index >= 15 is 0 Å². The van der Waals surface area contributed by atoms with E-state index in [4.69, 9.17) is 0 Å². The Balaban J connectivity index is 2.18. The number of halogens is 1. The summed E-state index contributed by atoms with van der Waals surface area (Å²) in [4.78, 5) is 4.15. The molecule has 1 aromatic heterocycles. The normalized spacial score (nSPS) is 23.0. The van der Waals surface area contributed by atoms with Crippen molar-refractivity contribution in [1.82, 2.24) is 10.3 Å². The number of piperidine rings is 1. The molecule has 0 unspecified atom stereocenters. The second-order valence-corrected chi connectivity index (χ2v) is 4.25. The van der Waals surface area contributed by atoms with E-state index in [0.29, 0.717) is 6.04 Å². The third-order valence-electron chi connectivity index (χ3n) is 2.48. The Hall–Kier alpha value is -0.410. The number of pyridine rings is 1. The molecule has 0 aliphatic carbocycles. The standard InChI is InChI=1S/C10H13BrN2/c11-9-4-6-12-7-8(9)10-3-1-2-5-13-10/h4,6-7,10,13H,1-3,5H2/t10-/m0/s1. The molecule has 0 spiro atoms. The number of aromatic nitrogens is 1. The molecule has 2 rings (SSSR count). The van der Waals surface area contributed by atoms with E-state index < -0.39 is 0 Å². The SMILES string of the molecule is Brc1ccncc1[C@@H]1CCCCN1. The Bertz CT molecular complexity index is 282. The van der Waals surface area contributed by atoms with Gasteiger partial charge in [0.1, 0.15) is 0 Å². The molecule has 1 aromatic rings. The quantitative estimate of drug-likeness (QED) is 0.817. The van der Waals surface area contributed by atoms with Gasteiger partial charge >= 0.3 is 0 Å². The summed E-state index contributed by atoms with van der Waals surface area (Å²) >= 11 is 3.55. The van der Waals surface area contributed by atoms with Gasteiger partial charge < -0.3 is 5.32 Å². The predicted molar refractivity (Wildman–Crippen MR) is 56.5 cm³/mol. The summed E-state index contributed by atoms with van der Waals surface area (Å²) in [5, 5.41) is 3.51. The third-order valence-corrected chi connectivity index (χ3v) is 3.20. The first-order valence-electron chi connectivity index (χ1n) is 4.71. The predicted octanol–water partition coefficient (Wildman–Crippen LogP) is 2.66. The number of hydrogen-bond donors (Lipinski definition) is 1. The van der Waals surface area contributed by atoms with Crippen LogP contribution in [0.2, 0.25) is 0 Å². The van der Waals surface area contributed by atoms with E-state index in [1.165, 1.54) is 29.3 Å². The van der Waals surface area contributed by atoms with Gasteiger partial charge in [0.05, 0.1) is 0 Å². The van der Waals surface area contributed by atoms with Gasteiger partial charge in [0.25, 0.3) is 0 Å². The second-order valence-electron chi connectivity index (χ2n) is 3.40. The maximum absolute atomic E-state index is 4.15. The van der Waals surface area contributed by atoms with Crippen molar-refractivity contribution in [2.24, 2.45) is 0 Å². The first kappa shape index (κ1) is 9.16. The van der Waals surface area contributed by atoms with Gasteiger partial charge in [0.15, 0.2) is 0 Å². The lowest BCUT2D eigenvalue weighted by Gasteiger charge is -2.24. The van der Waals surface area contributed by atoms with Crippen LogP contribution in [0.25, 0.3) is 0 Å². The number of rotatable bonds is 1. The lowest BCUT2D eigenvalue weighted by Crippen LogP contribution is -2.27. The molecule has 1 aliphatic heterocycles. The molecule has 0 saturated carbocycles. The highest BCUT2D eigenvalue weighted by atomic mass is 79.9. The highest BCUT2D eigenvalue weighted by Gasteiger charge is 2.16. The zero-order valence-corrected chi connectivity index (χ0v) is 9.05. The molecular formula is C10H13BrN2. The van der Waals surface area contributed by atoms with Gasteiger partial charge in [-0.3, -0.25) is 4.98 Å². The molecule has 1 N–H and O–H groups in total. The Morgan fingerprint density at radius 2 is 2.38 bits per heavy atom. The molecule has 0 amide bonds. The van der Waals surface area contributed by atoms with Gasteiger partial charge in [-0.15, -0.1) is 0 Å². The zero-order valence-electron chi connectivity index (χ0n) is 7.46. The van der Waals surface area contributed by atoms with Gasteiger partial charge in [-0.2, -0.15) is 0 Å². The second kappa shape index (κ2) is 4.20. The van der Waals surface area contributed by atoms with Gasteiger partial charge in [0.2, 0.25) is 0 Å². The summed E-state index contributed by atoms with van der Waals surface area (Å²) in [7, 11) is 0. The molecule has 70 valence electrons. The average molecular weight is 241 g/mol. The number of nitrogens with zero attached hydrogens (tertiary/aromatic N) is 1. The Morgan fingerprint density at radius 1 is 1.46 bits per heavy atom. The Morgan fingerprint density at radius 3 is 3.08 bits per heavy atom. The van der Waals surface area contributed by atoms with Crippen LogP contribution >= 0.6 is 15.9 Å². The van der Waals surface area contributed by atoms with Crippen molar-refractivity contribution in [3.05, 3.63) is 28.5 Å². The van der Waals surface area contributed by atoms with Crippen molar-refractivity contribution in [1.29, 1.82) is 0 Å². The van der Waals surface area contributed by atoms with Crippen LogP contribution in [0.3, 0.4) is 0 Å². The first-order valence-corrected chi connectivity index (χ1v) is 5.50. The van der Waals surface area contributed by atoms with E-state index in [-0.39, 0.29) is 0 Å². The van der Waals surface area contributed by atoms with Crippen LogP contribution in [0.15, 0.2) is 22.9 Å². The third kappa shape index (κ3) is 2.09. The molecule has 0 bridgehead atoms. The van der Waals surface area contributed by atoms with Crippen LogP contribution in [-0.2, 0) is 0 Å². The van der Waals surface area contributed by atoms with Crippen LogP contribution in [-0.4, -0.2) is 11.5 Å². The van der Waals surface area contributed by atoms with E-state index in [9.17, 15) is 0 Å². The maximum atomic E-state index is 4.15. The molecule has 1 saturated heterocycles. The van der Waals surface area contributed by atoms with Crippen molar-refractivity contribution in [2.75, 3.05) is 6.54 Å². The Labute approximate surface area is 86.9 Å². The van der Waals surface area contributed by atoms with Crippen LogP contribution in [0.5, 0.6) is 0 Å². The van der Waals surface area contributed by atoms with Gasteiger partial charge in [0, 0.05) is 28.5 Å². The zero-order chi connectivity index (χ0) is 9.10. The topological polar surface area (TPSA) is 24.9 Å². The van der Waals surface area contributed by atoms with Crippen LogP contribution < -0.4 is 5.32 Å². The molecule has 2 heterocycles. The van der Waals surface area contributed by atoms with Crippen LogP contribution in [0.1, 0.15) is 30.9 Å². The highest BCUT2D eigenvalue weighted by molar-refractivity contribution is 9.10. The van der Waals surface area contributed by atoms with Gasteiger partial charge in [-0.05, 0) is 25.5 Å². The lowest BCUT2D eigenvalue weighted by molar-refractivity contribution is 0.410. The van der Waals surface area contributed by atoms with Crippen molar-refractivity contribution < 1.29 is 0 Å². The van der Waals surface area contributed by atoms with Crippen molar-refractivity contribution in [2.45, 2.75) is 25.3 Å². The Kier molecular flexibility index (Phi) is 2.96. The smallest absolute Gasteiger partial charge is 0.0346 e. The van der Waals surface area contributed by atoms with Crippen LogP contribution in [0.4, 0.5) is 0 Å². The van der Waals surface area contributed by atoms with E-state index in [1.807, 2.05) is 18.5 Å². The molecule has 3 heteroatoms. The minimum absolute atomic E-state index is 0.497. The molecule has 13 heavy (non-hydrogen) atoms. The summed E-state index contributed by atoms with van der Waals surface area (Å²) in [6.07, 6.45) is 7.61. The first-order chi connectivity index (χ1) is 6.38. The van der Waals surface area contributed by atoms with Crippen molar-refractivity contribution in [3.8, 4) is 0 Å². The van der Waals surface area contributed by atoms with Crippen molar-refractivity contribution >= 4 is 15.9 Å². The molecular weight excluding hydrogens is 228 g/mol. The molecule has 1 fully saturated rings. The lowest BCUT2D eigenvalue weighted by atomic mass is 9.99. The van der Waals surface area contributed by atoms with Crippen LogP contribution in [0, 0.1) is 0 Å². The van der Waals surface area contributed by atoms with E-state index in [1.54, 1.807) is 0 Å². The highest BCUT2D eigenvalue weighted by Crippen LogP contribution is 2.27. The van der Waals surface area contributed by atoms with Gasteiger partial charge in [-0.25, -0.2) is 0 Å². The minimum atomic E-state index is 0.497. The molecule has 2 nitrogen and oxygen atoms in total. The minimum Gasteiger partial charge on any atom is -0.310 e. The fraction of sp³-hybridized carbons (Fsp3) is 0.500. The van der Waals surface area contributed by atoms with E-state index in [2.05, 4.69) is 26.2 Å². The monoisotopic (exact) mass is 240 g/mol. The summed E-state index contributed by atoms with van der Waals surface area (Å²) in [6, 6.07) is 2.50. The van der Waals surface area contributed by atoms with Crippen molar-refractivity contribution in [3.63, 3.8) is 0 Å². The fourth-order valence-corrected chi connectivity index (χ4v) is 2.26. The van der Waals surface area contributed by atoms with E-state index in [0.717, 1.165) is 6.54 Å². The molecule has 1 aliphatic rings. The molecule has 0 radical (unpaired) electrons. The summed E-state index contributed by atoms with van der Waals surface area (Å²) < 4.78 is 1.17. The summed E-state index contributed by atoms with van der Waals surface area (Å²) in [5.41, 5.74) is 1.29. The fourth-order valence-electron chi connectivity index (χ4n) is 1.76. The molecule has 0 aromatic carbocycles.